The molecule has 1 aromatic carbocycles. The molecule has 0 saturated carbocycles. The molecule has 6 nitrogen and oxygen atoms in total. The van der Waals surface area contributed by atoms with Crippen molar-refractivity contribution in [3.05, 3.63) is 35.9 Å². The van der Waals surface area contributed by atoms with Crippen molar-refractivity contribution in [3.63, 3.8) is 0 Å². The molecule has 102 valence electrons. The summed E-state index contributed by atoms with van der Waals surface area (Å²) < 4.78 is 0. The summed E-state index contributed by atoms with van der Waals surface area (Å²) in [4.78, 5) is 38.3. The molecule has 1 aromatic rings. The number of carboxylic acid groups (broad SMARTS) is 1. The molecule has 0 aliphatic carbocycles. The summed E-state index contributed by atoms with van der Waals surface area (Å²) in [7, 11) is 1.32. The number of nitrogens with zero attached hydrogens (tertiary/aromatic N) is 1. The van der Waals surface area contributed by atoms with Gasteiger partial charge < -0.3 is 9.94 Å². The van der Waals surface area contributed by atoms with Crippen LogP contribution in [0.25, 0.3) is 0 Å². The summed E-state index contributed by atoms with van der Waals surface area (Å²) in [6, 6.07) is 8.28. The van der Waals surface area contributed by atoms with Crippen LogP contribution in [0.15, 0.2) is 30.3 Å². The molecule has 0 fully saturated rings. The lowest BCUT2D eigenvalue weighted by Gasteiger charge is -2.15. The SMILES string of the molecule is CN(OC(=O)c1ccccc1)C(=O)CCCC(=O)O. The molecule has 0 spiro atoms. The summed E-state index contributed by atoms with van der Waals surface area (Å²) in [6.07, 6.45) is 0.137. The highest BCUT2D eigenvalue weighted by molar-refractivity contribution is 5.90. The molecule has 0 saturated heterocycles. The molecule has 1 N–H and O–H groups in total. The average molecular weight is 265 g/mol. The number of hydroxylamine groups is 2. The summed E-state index contributed by atoms with van der Waals surface area (Å²) in [5.74, 6) is -2.03. The number of hydrogen-bond acceptors (Lipinski definition) is 4. The highest BCUT2D eigenvalue weighted by atomic mass is 16.7. The van der Waals surface area contributed by atoms with Crippen LogP contribution < -0.4 is 0 Å². The van der Waals surface area contributed by atoms with Gasteiger partial charge in [-0.25, -0.2) is 4.79 Å². The third-order valence-corrected chi connectivity index (χ3v) is 2.36. The summed E-state index contributed by atoms with van der Waals surface area (Å²) >= 11 is 0. The van der Waals surface area contributed by atoms with Gasteiger partial charge in [0.15, 0.2) is 0 Å². The van der Waals surface area contributed by atoms with Crippen molar-refractivity contribution in [2.24, 2.45) is 0 Å². The molecule has 1 rings (SSSR count). The zero-order valence-corrected chi connectivity index (χ0v) is 10.5. The molecular weight excluding hydrogens is 250 g/mol. The van der Waals surface area contributed by atoms with Crippen LogP contribution >= 0.6 is 0 Å². The van der Waals surface area contributed by atoms with Crippen molar-refractivity contribution < 1.29 is 24.3 Å². The second-order valence-corrected chi connectivity index (χ2v) is 3.88. The van der Waals surface area contributed by atoms with Crippen molar-refractivity contribution in [2.45, 2.75) is 19.3 Å². The zero-order chi connectivity index (χ0) is 14.3. The Hall–Kier alpha value is -2.37. The Morgan fingerprint density at radius 3 is 2.37 bits per heavy atom. The Morgan fingerprint density at radius 1 is 1.16 bits per heavy atom. The lowest BCUT2D eigenvalue weighted by molar-refractivity contribution is -0.161. The van der Waals surface area contributed by atoms with E-state index >= 15 is 0 Å². The van der Waals surface area contributed by atoms with E-state index in [4.69, 9.17) is 9.94 Å². The largest absolute Gasteiger partial charge is 0.481 e. The topological polar surface area (TPSA) is 83.9 Å². The zero-order valence-electron chi connectivity index (χ0n) is 10.5. The minimum atomic E-state index is -0.961. The van der Waals surface area contributed by atoms with E-state index in [1.165, 1.54) is 7.05 Å². The lowest BCUT2D eigenvalue weighted by atomic mass is 10.2. The van der Waals surface area contributed by atoms with Gasteiger partial charge in [-0.05, 0) is 18.6 Å². The number of carbonyl (C=O) groups is 3. The van der Waals surface area contributed by atoms with E-state index in [1.807, 2.05) is 0 Å². The van der Waals surface area contributed by atoms with Crippen molar-refractivity contribution in [1.82, 2.24) is 5.06 Å². The molecule has 6 heteroatoms. The van der Waals surface area contributed by atoms with Crippen molar-refractivity contribution in [3.8, 4) is 0 Å². The minimum absolute atomic E-state index is 0.0187. The lowest BCUT2D eigenvalue weighted by Crippen LogP contribution is -2.29. The monoisotopic (exact) mass is 265 g/mol. The molecule has 0 bridgehead atoms. The van der Waals surface area contributed by atoms with E-state index < -0.39 is 17.8 Å². The molecule has 0 aliphatic heterocycles. The highest BCUT2D eigenvalue weighted by Crippen LogP contribution is 2.05. The molecule has 1 amide bonds. The maximum absolute atomic E-state index is 11.6. The molecule has 0 unspecified atom stereocenters. The number of rotatable bonds is 5. The van der Waals surface area contributed by atoms with E-state index in [-0.39, 0.29) is 19.3 Å². The smallest absolute Gasteiger partial charge is 0.363 e. The molecule has 0 aliphatic rings. The first-order valence-corrected chi connectivity index (χ1v) is 5.76. The molecule has 0 radical (unpaired) electrons. The first-order chi connectivity index (χ1) is 9.00. The molecule has 0 atom stereocenters. The molecule has 19 heavy (non-hydrogen) atoms. The number of carbonyl (C=O) groups excluding carboxylic acids is 2. The molecule has 0 aromatic heterocycles. The van der Waals surface area contributed by atoms with Crippen molar-refractivity contribution in [2.75, 3.05) is 7.05 Å². The van der Waals surface area contributed by atoms with Gasteiger partial charge in [0, 0.05) is 19.9 Å². The van der Waals surface area contributed by atoms with E-state index in [2.05, 4.69) is 0 Å². The maximum atomic E-state index is 11.6. The fourth-order valence-corrected chi connectivity index (χ4v) is 1.35. The van der Waals surface area contributed by atoms with Gasteiger partial charge in [0.25, 0.3) is 5.91 Å². The Bertz CT molecular complexity index is 457. The van der Waals surface area contributed by atoms with Gasteiger partial charge >= 0.3 is 11.9 Å². The van der Waals surface area contributed by atoms with Gasteiger partial charge in [-0.1, -0.05) is 18.2 Å². The Labute approximate surface area is 110 Å². The van der Waals surface area contributed by atoms with Crippen LogP contribution in [0.1, 0.15) is 29.6 Å². The summed E-state index contributed by atoms with van der Waals surface area (Å²) in [5, 5.41) is 9.28. The first-order valence-electron chi connectivity index (χ1n) is 5.76. The third kappa shape index (κ3) is 5.20. The van der Waals surface area contributed by atoms with Gasteiger partial charge in [0.05, 0.1) is 5.56 Å². The van der Waals surface area contributed by atoms with Gasteiger partial charge in [0.2, 0.25) is 0 Å². The Kier molecular flexibility index (Phi) is 5.53. The van der Waals surface area contributed by atoms with Gasteiger partial charge in [-0.2, -0.15) is 5.06 Å². The van der Waals surface area contributed by atoms with Gasteiger partial charge in [-0.3, -0.25) is 9.59 Å². The van der Waals surface area contributed by atoms with E-state index in [1.54, 1.807) is 30.3 Å². The standard InChI is InChI=1S/C13H15NO5/c1-14(11(15)8-5-9-12(16)17)19-13(18)10-6-3-2-4-7-10/h2-4,6-7H,5,8-9H2,1H3,(H,16,17). The Morgan fingerprint density at radius 2 is 1.79 bits per heavy atom. The summed E-state index contributed by atoms with van der Waals surface area (Å²) in [6.45, 7) is 0. The second kappa shape index (κ2) is 7.15. The second-order valence-electron chi connectivity index (χ2n) is 3.88. The van der Waals surface area contributed by atoms with Crippen molar-refractivity contribution >= 4 is 17.8 Å². The van der Waals surface area contributed by atoms with Crippen LogP contribution in [-0.4, -0.2) is 35.1 Å². The Balaban J connectivity index is 2.41. The van der Waals surface area contributed by atoms with Crippen LogP contribution in [0.3, 0.4) is 0 Å². The highest BCUT2D eigenvalue weighted by Gasteiger charge is 2.15. The minimum Gasteiger partial charge on any atom is -0.481 e. The first kappa shape index (κ1) is 14.7. The number of hydrogen-bond donors (Lipinski definition) is 1. The van der Waals surface area contributed by atoms with Crippen molar-refractivity contribution in [1.29, 1.82) is 0 Å². The average Bonchev–Trinajstić information content (AvgIpc) is 2.39. The van der Waals surface area contributed by atoms with Crippen LogP contribution in [-0.2, 0) is 14.4 Å². The van der Waals surface area contributed by atoms with Crippen LogP contribution in [0.5, 0.6) is 0 Å². The van der Waals surface area contributed by atoms with Crippen LogP contribution in [0, 0.1) is 0 Å². The fourth-order valence-electron chi connectivity index (χ4n) is 1.35. The maximum Gasteiger partial charge on any atom is 0.363 e. The third-order valence-electron chi connectivity index (χ3n) is 2.36. The summed E-state index contributed by atoms with van der Waals surface area (Å²) in [5.41, 5.74) is 0.340. The van der Waals surface area contributed by atoms with Crippen LogP contribution in [0.4, 0.5) is 0 Å². The van der Waals surface area contributed by atoms with E-state index in [9.17, 15) is 14.4 Å². The predicted molar refractivity (Wildman–Crippen MR) is 66.1 cm³/mol. The van der Waals surface area contributed by atoms with Crippen LogP contribution in [0.2, 0.25) is 0 Å². The van der Waals surface area contributed by atoms with E-state index in [0.717, 1.165) is 5.06 Å². The van der Waals surface area contributed by atoms with E-state index in [0.29, 0.717) is 5.56 Å². The van der Waals surface area contributed by atoms with Gasteiger partial charge in [-0.15, -0.1) is 0 Å². The number of amides is 1. The molecular formula is C13H15NO5. The molecule has 0 heterocycles. The number of benzene rings is 1. The van der Waals surface area contributed by atoms with Gasteiger partial charge in [0.1, 0.15) is 0 Å². The fraction of sp³-hybridized carbons (Fsp3) is 0.308. The number of aliphatic carboxylic acids is 1. The normalized spacial score (nSPS) is 9.74. The quantitative estimate of drug-likeness (QED) is 0.815. The predicted octanol–water partition coefficient (Wildman–Crippen LogP) is 1.47. The number of carboxylic acids is 1.